The summed E-state index contributed by atoms with van der Waals surface area (Å²) in [5.74, 6) is 0.599. The van der Waals surface area contributed by atoms with E-state index in [1.54, 1.807) is 11.1 Å². The van der Waals surface area contributed by atoms with E-state index in [1.807, 2.05) is 12.1 Å². The molecule has 0 saturated carbocycles. The fraction of sp³-hybridized carbons (Fsp3) is 0.455. The number of likely N-dealkylation sites (tertiary alicyclic amines) is 1. The molecule has 0 aliphatic carbocycles. The van der Waals surface area contributed by atoms with Gasteiger partial charge >= 0.3 is 0 Å². The Morgan fingerprint density at radius 2 is 1.64 bits per heavy atom. The van der Waals surface area contributed by atoms with Crippen LogP contribution < -0.4 is 5.73 Å². The van der Waals surface area contributed by atoms with E-state index in [9.17, 15) is 13.2 Å². The average molecular weight is 512 g/mol. The summed E-state index contributed by atoms with van der Waals surface area (Å²) in [6.07, 6.45) is 3.29. The third kappa shape index (κ3) is 5.78. The summed E-state index contributed by atoms with van der Waals surface area (Å²) in [5, 5.41) is 0.544. The second-order valence-corrected chi connectivity index (χ2v) is 11.3. The molecule has 1 amide bonds. The molecule has 4 rings (SSSR count). The second-order valence-electron chi connectivity index (χ2n) is 8.47. The molecule has 33 heavy (non-hydrogen) atoms. The molecule has 2 saturated heterocycles. The van der Waals surface area contributed by atoms with Crippen LogP contribution in [0.1, 0.15) is 18.4 Å². The number of amides is 1. The first kappa shape index (κ1) is 24.2. The number of aromatic nitrogens is 1. The summed E-state index contributed by atoms with van der Waals surface area (Å²) in [4.78, 5) is 21.3. The first-order valence-corrected chi connectivity index (χ1v) is 13.1. The van der Waals surface area contributed by atoms with Crippen molar-refractivity contribution >= 4 is 45.0 Å². The van der Waals surface area contributed by atoms with Crippen LogP contribution in [0.5, 0.6) is 0 Å². The van der Waals surface area contributed by atoms with Crippen molar-refractivity contribution in [3.8, 4) is 0 Å². The molecule has 3 heterocycles. The number of halogens is 2. The van der Waals surface area contributed by atoms with Crippen molar-refractivity contribution < 1.29 is 13.2 Å². The van der Waals surface area contributed by atoms with Crippen LogP contribution in [0, 0.1) is 5.92 Å². The van der Waals surface area contributed by atoms with Crippen LogP contribution in [0.2, 0.25) is 10.0 Å². The molecular weight excluding hydrogens is 485 g/mol. The third-order valence-electron chi connectivity index (χ3n) is 6.21. The number of nitrogen functional groups attached to an aromatic ring is 1. The quantitative estimate of drug-likeness (QED) is 0.662. The van der Waals surface area contributed by atoms with Crippen LogP contribution in [-0.2, 0) is 21.4 Å². The van der Waals surface area contributed by atoms with Gasteiger partial charge in [0.15, 0.2) is 0 Å². The van der Waals surface area contributed by atoms with Gasteiger partial charge in [0.05, 0.1) is 4.90 Å². The van der Waals surface area contributed by atoms with Crippen LogP contribution in [0.3, 0.4) is 0 Å². The van der Waals surface area contributed by atoms with E-state index >= 15 is 0 Å². The molecule has 2 fully saturated rings. The molecule has 0 spiro atoms. The van der Waals surface area contributed by atoms with Gasteiger partial charge in [0.1, 0.15) is 5.82 Å². The fourth-order valence-corrected chi connectivity index (χ4v) is 6.57. The van der Waals surface area contributed by atoms with Gasteiger partial charge < -0.3 is 10.6 Å². The molecule has 11 heteroatoms. The Bertz CT molecular complexity index is 1090. The smallest absolute Gasteiger partial charge is 0.243 e. The lowest BCUT2D eigenvalue weighted by Gasteiger charge is -2.38. The molecule has 0 atom stereocenters. The van der Waals surface area contributed by atoms with Crippen molar-refractivity contribution in [3.63, 3.8) is 0 Å². The van der Waals surface area contributed by atoms with Gasteiger partial charge in [0.25, 0.3) is 0 Å². The normalized spacial score (nSPS) is 19.0. The highest BCUT2D eigenvalue weighted by Crippen LogP contribution is 2.27. The summed E-state index contributed by atoms with van der Waals surface area (Å²) < 4.78 is 27.3. The standard InChI is InChI=1S/C22H27Cl2N5O3S/c23-18-12-19(24)14-20(13-18)33(31,32)29-9-7-28(8-10-29)22(30)17-2-5-27(6-3-17)15-16-1-4-26-21(25)11-16/h1,4,11-14,17H,2-3,5-10,15H2,(H2,25,26). The zero-order valence-electron chi connectivity index (χ0n) is 18.2. The molecule has 0 bridgehead atoms. The number of anilines is 1. The predicted molar refractivity (Wildman–Crippen MR) is 128 cm³/mol. The number of pyridine rings is 1. The predicted octanol–water partition coefficient (Wildman–Crippen LogP) is 2.72. The molecule has 178 valence electrons. The average Bonchev–Trinajstić information content (AvgIpc) is 2.78. The first-order valence-electron chi connectivity index (χ1n) is 10.9. The molecule has 2 N–H and O–H groups in total. The molecule has 2 aliphatic rings. The Morgan fingerprint density at radius 1 is 1.00 bits per heavy atom. The number of piperidine rings is 1. The largest absolute Gasteiger partial charge is 0.384 e. The number of hydrogen-bond acceptors (Lipinski definition) is 6. The molecule has 0 radical (unpaired) electrons. The number of rotatable bonds is 5. The zero-order chi connectivity index (χ0) is 23.6. The van der Waals surface area contributed by atoms with E-state index in [1.165, 1.54) is 22.5 Å². The summed E-state index contributed by atoms with van der Waals surface area (Å²) in [6, 6.07) is 8.12. The van der Waals surface area contributed by atoms with Gasteiger partial charge in [0.2, 0.25) is 15.9 Å². The SMILES string of the molecule is Nc1cc(CN2CCC(C(=O)N3CCN(S(=O)(=O)c4cc(Cl)cc(Cl)c4)CC3)CC2)ccn1. The van der Waals surface area contributed by atoms with E-state index < -0.39 is 10.0 Å². The lowest BCUT2D eigenvalue weighted by Crippen LogP contribution is -2.52. The minimum Gasteiger partial charge on any atom is -0.384 e. The lowest BCUT2D eigenvalue weighted by molar-refractivity contribution is -0.138. The maximum absolute atomic E-state index is 13.1. The Kier molecular flexibility index (Phi) is 7.45. The molecular formula is C22H27Cl2N5O3S. The maximum atomic E-state index is 13.1. The van der Waals surface area contributed by atoms with Gasteiger partial charge in [0, 0.05) is 54.9 Å². The lowest BCUT2D eigenvalue weighted by atomic mass is 9.94. The van der Waals surface area contributed by atoms with Crippen molar-refractivity contribution in [1.82, 2.24) is 19.1 Å². The molecule has 0 unspecified atom stereocenters. The molecule has 1 aromatic heterocycles. The topological polar surface area (TPSA) is 99.8 Å². The number of carbonyl (C=O) groups is 1. The number of carbonyl (C=O) groups excluding carboxylic acids is 1. The first-order chi connectivity index (χ1) is 15.7. The van der Waals surface area contributed by atoms with Crippen LogP contribution >= 0.6 is 23.2 Å². The molecule has 2 aromatic rings. The van der Waals surface area contributed by atoms with Crippen molar-refractivity contribution in [2.75, 3.05) is 45.0 Å². The van der Waals surface area contributed by atoms with E-state index in [-0.39, 0.29) is 39.9 Å². The van der Waals surface area contributed by atoms with Crippen molar-refractivity contribution in [2.24, 2.45) is 5.92 Å². The van der Waals surface area contributed by atoms with Gasteiger partial charge in [-0.2, -0.15) is 4.31 Å². The summed E-state index contributed by atoms with van der Waals surface area (Å²) in [7, 11) is -3.71. The Hall–Kier alpha value is -1.91. The van der Waals surface area contributed by atoms with Gasteiger partial charge in [-0.05, 0) is 61.8 Å². The number of benzene rings is 1. The maximum Gasteiger partial charge on any atom is 0.243 e. The summed E-state index contributed by atoms with van der Waals surface area (Å²) in [5.41, 5.74) is 6.87. The van der Waals surface area contributed by atoms with Crippen LogP contribution in [0.25, 0.3) is 0 Å². The molecule has 2 aliphatic heterocycles. The summed E-state index contributed by atoms with van der Waals surface area (Å²) >= 11 is 12.0. The monoisotopic (exact) mass is 511 g/mol. The Balaban J connectivity index is 1.29. The Labute approximate surface area is 204 Å². The number of nitrogens with zero attached hydrogens (tertiary/aromatic N) is 4. The van der Waals surface area contributed by atoms with Gasteiger partial charge in [-0.15, -0.1) is 0 Å². The van der Waals surface area contributed by atoms with Crippen LogP contribution in [0.4, 0.5) is 5.82 Å². The highest BCUT2D eigenvalue weighted by molar-refractivity contribution is 7.89. The minimum absolute atomic E-state index is 0.0290. The van der Waals surface area contributed by atoms with Gasteiger partial charge in [-0.1, -0.05) is 23.2 Å². The van der Waals surface area contributed by atoms with E-state index in [4.69, 9.17) is 28.9 Å². The number of hydrogen-bond donors (Lipinski definition) is 1. The third-order valence-corrected chi connectivity index (χ3v) is 8.53. The Morgan fingerprint density at radius 3 is 2.24 bits per heavy atom. The number of sulfonamides is 1. The van der Waals surface area contributed by atoms with Crippen molar-refractivity contribution in [2.45, 2.75) is 24.3 Å². The highest BCUT2D eigenvalue weighted by Gasteiger charge is 2.34. The van der Waals surface area contributed by atoms with Crippen molar-refractivity contribution in [3.05, 3.63) is 52.1 Å². The van der Waals surface area contributed by atoms with Crippen LogP contribution in [-0.4, -0.2) is 72.7 Å². The van der Waals surface area contributed by atoms with E-state index in [2.05, 4.69) is 9.88 Å². The number of nitrogens with two attached hydrogens (primary N) is 1. The second kappa shape index (κ2) is 10.1. The van der Waals surface area contributed by atoms with E-state index in [0.29, 0.717) is 18.9 Å². The molecule has 8 nitrogen and oxygen atoms in total. The minimum atomic E-state index is -3.71. The van der Waals surface area contributed by atoms with Crippen LogP contribution in [0.15, 0.2) is 41.4 Å². The van der Waals surface area contributed by atoms with Crippen molar-refractivity contribution in [1.29, 1.82) is 0 Å². The number of piperazine rings is 1. The summed E-state index contributed by atoms with van der Waals surface area (Å²) in [6.45, 7) is 3.72. The zero-order valence-corrected chi connectivity index (χ0v) is 20.5. The highest BCUT2D eigenvalue weighted by atomic mass is 35.5. The molecule has 1 aromatic carbocycles. The van der Waals surface area contributed by atoms with Gasteiger partial charge in [-0.25, -0.2) is 13.4 Å². The van der Waals surface area contributed by atoms with Gasteiger partial charge in [-0.3, -0.25) is 9.69 Å². The fourth-order valence-electron chi connectivity index (χ4n) is 4.42. The van der Waals surface area contributed by atoms with E-state index in [0.717, 1.165) is 38.0 Å².